The van der Waals surface area contributed by atoms with E-state index in [-0.39, 0.29) is 0 Å². The summed E-state index contributed by atoms with van der Waals surface area (Å²) < 4.78 is 2.20. The average Bonchev–Trinajstić information content (AvgIpc) is 2.65. The fourth-order valence-corrected chi connectivity index (χ4v) is 3.06. The Hall–Kier alpha value is -1.57. The molecule has 2 aromatic rings. The molecule has 0 amide bonds. The van der Waals surface area contributed by atoms with Crippen LogP contribution in [0.25, 0.3) is 10.9 Å². The van der Waals surface area contributed by atoms with Gasteiger partial charge in [-0.25, -0.2) is 0 Å². The lowest BCUT2D eigenvalue weighted by Crippen LogP contribution is -2.14. The van der Waals surface area contributed by atoms with Gasteiger partial charge >= 0.3 is 0 Å². The minimum atomic E-state index is 0.490. The number of aromatic nitrogens is 1. The zero-order valence-electron chi connectivity index (χ0n) is 10.1. The molecule has 2 heteroatoms. The summed E-state index contributed by atoms with van der Waals surface area (Å²) in [5.41, 5.74) is 4.08. The van der Waals surface area contributed by atoms with Crippen LogP contribution in [0.5, 0.6) is 0 Å². The van der Waals surface area contributed by atoms with Gasteiger partial charge in [-0.15, -0.1) is 0 Å². The largest absolute Gasteiger partial charge is 0.337 e. The van der Waals surface area contributed by atoms with Crippen LogP contribution >= 0.6 is 0 Å². The minimum Gasteiger partial charge on any atom is -0.337 e. The quantitative estimate of drug-likeness (QED) is 0.723. The summed E-state index contributed by atoms with van der Waals surface area (Å²) in [6.07, 6.45) is 4.51. The van der Waals surface area contributed by atoms with Crippen LogP contribution < -0.4 is 0 Å². The van der Waals surface area contributed by atoms with Crippen LogP contribution in [0.1, 0.15) is 24.6 Å². The van der Waals surface area contributed by atoms with Crippen LogP contribution in [0.2, 0.25) is 0 Å². The minimum absolute atomic E-state index is 0.490. The molecular weight excluding hydrogens is 210 g/mol. The third-order valence-electron chi connectivity index (χ3n) is 3.88. The molecule has 0 saturated heterocycles. The number of fused-ring (bicyclic) bond motifs is 3. The number of nitrogens with zero attached hydrogens (tertiary/aromatic N) is 1. The van der Waals surface area contributed by atoms with E-state index in [9.17, 15) is 4.79 Å². The number of para-hydroxylation sites is 1. The molecule has 1 aliphatic rings. The highest BCUT2D eigenvalue weighted by atomic mass is 16.1. The highest BCUT2D eigenvalue weighted by Gasteiger charge is 2.22. The van der Waals surface area contributed by atoms with Crippen LogP contribution in [0, 0.1) is 5.92 Å². The van der Waals surface area contributed by atoms with Crippen LogP contribution in [0.3, 0.4) is 0 Å². The number of rotatable bonds is 2. The van der Waals surface area contributed by atoms with E-state index in [0.29, 0.717) is 6.54 Å². The zero-order chi connectivity index (χ0) is 11.8. The maximum absolute atomic E-state index is 10.8. The van der Waals surface area contributed by atoms with Crippen molar-refractivity contribution >= 4 is 17.2 Å². The first kappa shape index (κ1) is 10.6. The monoisotopic (exact) mass is 227 g/mol. The molecule has 0 bridgehead atoms. The summed E-state index contributed by atoms with van der Waals surface area (Å²) in [6.45, 7) is 2.80. The number of carbonyl (C=O) groups is 1. The van der Waals surface area contributed by atoms with Gasteiger partial charge in [-0.3, -0.25) is 0 Å². The van der Waals surface area contributed by atoms with E-state index in [4.69, 9.17) is 0 Å². The van der Waals surface area contributed by atoms with Crippen molar-refractivity contribution in [3.63, 3.8) is 0 Å². The molecule has 0 N–H and O–H groups in total. The molecule has 17 heavy (non-hydrogen) atoms. The maximum Gasteiger partial charge on any atom is 0.139 e. The van der Waals surface area contributed by atoms with Gasteiger partial charge in [0.15, 0.2) is 0 Å². The fourth-order valence-electron chi connectivity index (χ4n) is 3.06. The second-order valence-electron chi connectivity index (χ2n) is 5.07. The first-order valence-electron chi connectivity index (χ1n) is 6.34. The second kappa shape index (κ2) is 4.02. The van der Waals surface area contributed by atoms with Crippen molar-refractivity contribution in [1.82, 2.24) is 4.57 Å². The molecule has 1 aromatic carbocycles. The van der Waals surface area contributed by atoms with Gasteiger partial charge in [-0.05, 0) is 36.8 Å². The van der Waals surface area contributed by atoms with Gasteiger partial charge in [-0.2, -0.15) is 0 Å². The molecule has 1 aromatic heterocycles. The summed E-state index contributed by atoms with van der Waals surface area (Å²) in [7, 11) is 0. The van der Waals surface area contributed by atoms with E-state index < -0.39 is 0 Å². The zero-order valence-corrected chi connectivity index (χ0v) is 10.1. The Kier molecular flexibility index (Phi) is 2.50. The molecule has 0 saturated carbocycles. The van der Waals surface area contributed by atoms with Crippen molar-refractivity contribution in [3.8, 4) is 0 Å². The Morgan fingerprint density at radius 1 is 1.41 bits per heavy atom. The topological polar surface area (TPSA) is 22.0 Å². The molecule has 3 rings (SSSR count). The standard InChI is InChI=1S/C15H17NO/c1-11-6-7-15-13(10-11)12-4-2-3-5-14(12)16(15)8-9-17/h2-5,9,11H,6-8,10H2,1H3. The third kappa shape index (κ3) is 1.59. The molecule has 1 heterocycles. The van der Waals surface area contributed by atoms with Gasteiger partial charge < -0.3 is 9.36 Å². The summed E-state index contributed by atoms with van der Waals surface area (Å²) in [5, 5.41) is 1.34. The van der Waals surface area contributed by atoms with Crippen LogP contribution in [0.15, 0.2) is 24.3 Å². The summed E-state index contributed by atoms with van der Waals surface area (Å²) in [4.78, 5) is 10.8. The number of aldehydes is 1. The highest BCUT2D eigenvalue weighted by molar-refractivity contribution is 5.86. The van der Waals surface area contributed by atoms with Gasteiger partial charge in [0.2, 0.25) is 0 Å². The summed E-state index contributed by atoms with van der Waals surface area (Å²) >= 11 is 0. The normalized spacial score (nSPS) is 19.2. The predicted octanol–water partition coefficient (Wildman–Crippen LogP) is 2.97. The lowest BCUT2D eigenvalue weighted by atomic mass is 9.88. The number of hydrogen-bond acceptors (Lipinski definition) is 1. The van der Waals surface area contributed by atoms with Crippen molar-refractivity contribution < 1.29 is 4.79 Å². The second-order valence-corrected chi connectivity index (χ2v) is 5.07. The number of hydrogen-bond donors (Lipinski definition) is 0. The van der Waals surface area contributed by atoms with Crippen molar-refractivity contribution in [2.24, 2.45) is 5.92 Å². The van der Waals surface area contributed by atoms with Gasteiger partial charge in [0, 0.05) is 16.6 Å². The van der Waals surface area contributed by atoms with Crippen molar-refractivity contribution in [1.29, 1.82) is 0 Å². The molecule has 0 spiro atoms. The SMILES string of the molecule is CC1CCc2c(c3ccccc3n2CC=O)C1. The van der Waals surface area contributed by atoms with E-state index in [0.717, 1.165) is 25.0 Å². The fraction of sp³-hybridized carbons (Fsp3) is 0.400. The molecule has 0 radical (unpaired) electrons. The molecule has 0 fully saturated rings. The molecular formula is C15H17NO. The molecule has 88 valence electrons. The van der Waals surface area contributed by atoms with E-state index in [1.807, 2.05) is 0 Å². The van der Waals surface area contributed by atoms with Crippen LogP contribution in [0.4, 0.5) is 0 Å². The lowest BCUT2D eigenvalue weighted by molar-refractivity contribution is -0.108. The Morgan fingerprint density at radius 3 is 3.06 bits per heavy atom. The van der Waals surface area contributed by atoms with E-state index in [1.54, 1.807) is 0 Å². The number of benzene rings is 1. The first-order valence-corrected chi connectivity index (χ1v) is 6.34. The first-order chi connectivity index (χ1) is 8.31. The molecule has 1 atom stereocenters. The predicted molar refractivity (Wildman–Crippen MR) is 69.2 cm³/mol. The Morgan fingerprint density at radius 2 is 2.24 bits per heavy atom. The van der Waals surface area contributed by atoms with Crippen molar-refractivity contribution in [2.75, 3.05) is 0 Å². The summed E-state index contributed by atoms with van der Waals surface area (Å²) in [6, 6.07) is 8.46. The smallest absolute Gasteiger partial charge is 0.139 e. The van der Waals surface area contributed by atoms with E-state index >= 15 is 0 Å². The van der Waals surface area contributed by atoms with Crippen LogP contribution in [-0.2, 0) is 24.2 Å². The molecule has 1 aliphatic carbocycles. The van der Waals surface area contributed by atoms with Gasteiger partial charge in [0.05, 0.1) is 6.54 Å². The summed E-state index contributed by atoms with van der Waals surface area (Å²) in [5.74, 6) is 0.762. The van der Waals surface area contributed by atoms with Gasteiger partial charge in [-0.1, -0.05) is 25.1 Å². The number of carbonyl (C=O) groups excluding carboxylic acids is 1. The Bertz CT molecular complexity index is 568. The van der Waals surface area contributed by atoms with Gasteiger partial charge in [0.25, 0.3) is 0 Å². The highest BCUT2D eigenvalue weighted by Crippen LogP contribution is 2.33. The Balaban J connectivity index is 2.28. The maximum atomic E-state index is 10.8. The van der Waals surface area contributed by atoms with E-state index in [1.165, 1.54) is 28.6 Å². The van der Waals surface area contributed by atoms with Crippen molar-refractivity contribution in [2.45, 2.75) is 32.7 Å². The lowest BCUT2D eigenvalue weighted by Gasteiger charge is -2.20. The molecule has 0 aliphatic heterocycles. The van der Waals surface area contributed by atoms with E-state index in [2.05, 4.69) is 35.8 Å². The van der Waals surface area contributed by atoms with Crippen molar-refractivity contribution in [3.05, 3.63) is 35.5 Å². The molecule has 1 unspecified atom stereocenters. The van der Waals surface area contributed by atoms with Crippen LogP contribution in [-0.4, -0.2) is 10.9 Å². The third-order valence-corrected chi connectivity index (χ3v) is 3.88. The molecule has 2 nitrogen and oxygen atoms in total. The Labute approximate surface area is 101 Å². The average molecular weight is 227 g/mol. The van der Waals surface area contributed by atoms with Gasteiger partial charge in [0.1, 0.15) is 6.29 Å².